The Labute approximate surface area is 230 Å². The molecule has 0 heterocycles. The summed E-state index contributed by atoms with van der Waals surface area (Å²) >= 11 is 0. The monoisotopic (exact) mass is 523 g/mol. The van der Waals surface area contributed by atoms with Gasteiger partial charge < -0.3 is 19.1 Å². The number of hydrogen-bond donors (Lipinski definition) is 0. The van der Waals surface area contributed by atoms with E-state index in [0.717, 1.165) is 71.4 Å². The predicted molar refractivity (Wildman–Crippen MR) is 158 cm³/mol. The number of likely N-dealkylation sites (N-methyl/N-ethyl adjacent to an activating group) is 1. The summed E-state index contributed by atoms with van der Waals surface area (Å²) in [5, 5.41) is 0. The maximum atomic E-state index is 11.1. The minimum Gasteiger partial charge on any atom is -0.469 e. The number of allylic oxidation sites excluding steroid dienone is 4. The molecular weight excluding hydrogens is 462 g/mol. The van der Waals surface area contributed by atoms with Gasteiger partial charge in [0.15, 0.2) is 0 Å². The normalized spacial score (nSPS) is 12.8. The first-order valence-electron chi connectivity index (χ1n) is 15.3. The molecule has 0 aliphatic heterocycles. The largest absolute Gasteiger partial charge is 0.469 e. The molecule has 37 heavy (non-hydrogen) atoms. The molecule has 0 aliphatic rings. The number of nitrogens with zero attached hydrogens (tertiary/aromatic N) is 1. The number of ether oxygens (including phenoxy) is 3. The van der Waals surface area contributed by atoms with Crippen LogP contribution in [0.4, 0.5) is 0 Å². The van der Waals surface area contributed by atoms with E-state index < -0.39 is 0 Å². The van der Waals surface area contributed by atoms with Crippen molar-refractivity contribution in [2.45, 2.75) is 129 Å². The van der Waals surface area contributed by atoms with Crippen molar-refractivity contribution in [1.29, 1.82) is 0 Å². The first-order valence-corrected chi connectivity index (χ1v) is 15.3. The lowest BCUT2D eigenvalue weighted by Crippen LogP contribution is -2.37. The Hall–Kier alpha value is -1.17. The lowest BCUT2D eigenvalue weighted by Gasteiger charge is -2.24. The number of rotatable bonds is 28. The second kappa shape index (κ2) is 29.4. The van der Waals surface area contributed by atoms with Gasteiger partial charge in [0.05, 0.1) is 26.4 Å². The highest BCUT2D eigenvalue weighted by Crippen LogP contribution is 2.09. The number of methoxy groups -OCH3 is 1. The summed E-state index contributed by atoms with van der Waals surface area (Å²) in [6, 6.07) is 0.310. The first-order chi connectivity index (χ1) is 18.1. The van der Waals surface area contributed by atoms with E-state index >= 15 is 0 Å². The van der Waals surface area contributed by atoms with Crippen molar-refractivity contribution in [2.24, 2.45) is 0 Å². The third kappa shape index (κ3) is 27.7. The van der Waals surface area contributed by atoms with Crippen molar-refractivity contribution in [3.8, 4) is 0 Å². The highest BCUT2D eigenvalue weighted by Gasteiger charge is 2.11. The van der Waals surface area contributed by atoms with Crippen LogP contribution in [0.15, 0.2) is 24.3 Å². The van der Waals surface area contributed by atoms with E-state index in [2.05, 4.69) is 55.0 Å². The van der Waals surface area contributed by atoms with Crippen LogP contribution >= 0.6 is 0 Å². The lowest BCUT2D eigenvalue weighted by molar-refractivity contribution is -0.140. The SMILES string of the molecule is CCCCC/C=C\C/C=C\CCCCCCCCOCC(COCCCCCCCC(=O)OC)N(C)C. The molecule has 0 amide bonds. The van der Waals surface area contributed by atoms with E-state index in [0.29, 0.717) is 12.5 Å². The van der Waals surface area contributed by atoms with E-state index in [1.165, 1.54) is 71.3 Å². The van der Waals surface area contributed by atoms with Crippen LogP contribution in [0.1, 0.15) is 122 Å². The van der Waals surface area contributed by atoms with E-state index in [4.69, 9.17) is 9.47 Å². The van der Waals surface area contributed by atoms with Gasteiger partial charge >= 0.3 is 5.97 Å². The molecule has 0 N–H and O–H groups in total. The summed E-state index contributed by atoms with van der Waals surface area (Å²) in [7, 11) is 5.64. The average Bonchev–Trinajstić information content (AvgIpc) is 2.89. The smallest absolute Gasteiger partial charge is 0.305 e. The Kier molecular flexibility index (Phi) is 28.5. The van der Waals surface area contributed by atoms with E-state index in [1.807, 2.05) is 0 Å². The van der Waals surface area contributed by atoms with Crippen molar-refractivity contribution in [3.63, 3.8) is 0 Å². The van der Waals surface area contributed by atoms with Gasteiger partial charge in [0, 0.05) is 19.6 Å². The van der Waals surface area contributed by atoms with Gasteiger partial charge in [0.25, 0.3) is 0 Å². The quantitative estimate of drug-likeness (QED) is 0.0586. The standard InChI is InChI=1S/C32H61NO4/c1-5-6-7-8-9-10-11-12-13-14-15-16-17-18-21-24-27-36-29-31(33(2)3)30-37-28-25-22-19-20-23-26-32(34)35-4/h9-10,12-13,31H,5-8,11,14-30H2,1-4H3/b10-9-,13-12-. The Morgan fingerprint density at radius 2 is 1.16 bits per heavy atom. The van der Waals surface area contributed by atoms with Crippen molar-refractivity contribution < 1.29 is 19.0 Å². The predicted octanol–water partition coefficient (Wildman–Crippen LogP) is 8.28. The number of hydrogen-bond acceptors (Lipinski definition) is 5. The molecule has 0 radical (unpaired) electrons. The maximum Gasteiger partial charge on any atom is 0.305 e. The molecule has 0 aromatic heterocycles. The molecule has 0 fully saturated rings. The Bertz CT molecular complexity index is 533. The molecule has 0 bridgehead atoms. The van der Waals surface area contributed by atoms with Crippen LogP contribution in [0.2, 0.25) is 0 Å². The average molecular weight is 524 g/mol. The van der Waals surface area contributed by atoms with Crippen LogP contribution < -0.4 is 0 Å². The fraction of sp³-hybridized carbons (Fsp3) is 0.844. The molecule has 0 saturated heterocycles. The molecule has 0 aliphatic carbocycles. The van der Waals surface area contributed by atoms with E-state index in [9.17, 15) is 4.79 Å². The lowest BCUT2D eigenvalue weighted by atomic mass is 10.1. The molecular formula is C32H61NO4. The molecule has 0 aromatic carbocycles. The summed E-state index contributed by atoms with van der Waals surface area (Å²) in [5.74, 6) is -0.105. The van der Waals surface area contributed by atoms with Gasteiger partial charge in [-0.3, -0.25) is 4.79 Å². The minimum atomic E-state index is -0.105. The number of unbranched alkanes of at least 4 members (excludes halogenated alkanes) is 13. The summed E-state index contributed by atoms with van der Waals surface area (Å²) in [5.41, 5.74) is 0. The molecule has 0 saturated carbocycles. The zero-order chi connectivity index (χ0) is 27.2. The third-order valence-electron chi connectivity index (χ3n) is 6.74. The van der Waals surface area contributed by atoms with Crippen LogP contribution in [0.25, 0.3) is 0 Å². The molecule has 1 unspecified atom stereocenters. The summed E-state index contributed by atoms with van der Waals surface area (Å²) in [4.78, 5) is 13.3. The van der Waals surface area contributed by atoms with E-state index in [1.54, 1.807) is 0 Å². The molecule has 5 nitrogen and oxygen atoms in total. The van der Waals surface area contributed by atoms with Gasteiger partial charge in [0.1, 0.15) is 0 Å². The van der Waals surface area contributed by atoms with Crippen LogP contribution in [0.5, 0.6) is 0 Å². The van der Waals surface area contributed by atoms with Gasteiger partial charge in [-0.05, 0) is 65.5 Å². The fourth-order valence-electron chi connectivity index (χ4n) is 4.08. The van der Waals surface area contributed by atoms with Gasteiger partial charge in [0.2, 0.25) is 0 Å². The molecule has 5 heteroatoms. The van der Waals surface area contributed by atoms with E-state index in [-0.39, 0.29) is 5.97 Å². The maximum absolute atomic E-state index is 11.1. The Balaban J connectivity index is 3.48. The molecule has 0 spiro atoms. The van der Waals surface area contributed by atoms with Crippen molar-refractivity contribution >= 4 is 5.97 Å². The Morgan fingerprint density at radius 3 is 1.68 bits per heavy atom. The van der Waals surface area contributed by atoms with Gasteiger partial charge in [-0.2, -0.15) is 0 Å². The summed E-state index contributed by atoms with van der Waals surface area (Å²) in [6.45, 7) is 5.36. The fourth-order valence-corrected chi connectivity index (χ4v) is 4.08. The third-order valence-corrected chi connectivity index (χ3v) is 6.74. The minimum absolute atomic E-state index is 0.105. The Morgan fingerprint density at radius 1 is 0.676 bits per heavy atom. The highest BCUT2D eigenvalue weighted by atomic mass is 16.5. The highest BCUT2D eigenvalue weighted by molar-refractivity contribution is 5.68. The topological polar surface area (TPSA) is 48.0 Å². The van der Waals surface area contributed by atoms with Crippen molar-refractivity contribution in [1.82, 2.24) is 4.90 Å². The van der Waals surface area contributed by atoms with Crippen molar-refractivity contribution in [2.75, 3.05) is 47.6 Å². The van der Waals surface area contributed by atoms with Crippen LogP contribution in [0.3, 0.4) is 0 Å². The van der Waals surface area contributed by atoms with Crippen LogP contribution in [-0.4, -0.2) is 64.5 Å². The number of esters is 1. The molecule has 0 aromatic rings. The molecule has 1 atom stereocenters. The van der Waals surface area contributed by atoms with Crippen LogP contribution in [0, 0.1) is 0 Å². The zero-order valence-corrected chi connectivity index (χ0v) is 25.0. The second-order valence-electron chi connectivity index (χ2n) is 10.4. The number of carbonyl (C=O) groups is 1. The first kappa shape index (κ1) is 35.8. The van der Waals surface area contributed by atoms with Crippen LogP contribution in [-0.2, 0) is 19.0 Å². The van der Waals surface area contributed by atoms with Gasteiger partial charge in [-0.1, -0.05) is 89.0 Å². The zero-order valence-electron chi connectivity index (χ0n) is 25.0. The molecule has 0 rings (SSSR count). The van der Waals surface area contributed by atoms with Gasteiger partial charge in [-0.25, -0.2) is 0 Å². The summed E-state index contributed by atoms with van der Waals surface area (Å²) < 4.78 is 16.5. The summed E-state index contributed by atoms with van der Waals surface area (Å²) in [6.07, 6.45) is 30.5. The van der Waals surface area contributed by atoms with Crippen molar-refractivity contribution in [3.05, 3.63) is 24.3 Å². The molecule has 218 valence electrons. The number of carbonyl (C=O) groups excluding carboxylic acids is 1. The van der Waals surface area contributed by atoms with Gasteiger partial charge in [-0.15, -0.1) is 0 Å². The second-order valence-corrected chi connectivity index (χ2v) is 10.4.